The third kappa shape index (κ3) is 8.11. The molecule has 5 rings (SSSR count). The van der Waals surface area contributed by atoms with Crippen molar-refractivity contribution in [2.45, 2.75) is 62.3 Å². The summed E-state index contributed by atoms with van der Waals surface area (Å²) in [5, 5.41) is 6.11. The van der Waals surface area contributed by atoms with Crippen LogP contribution in [-0.2, 0) is 49.0 Å². The number of nitrogens with zero attached hydrogens (tertiary/aromatic N) is 3. The van der Waals surface area contributed by atoms with Crippen molar-refractivity contribution in [1.29, 1.82) is 0 Å². The number of alkyl halides is 6. The molecule has 0 saturated carbocycles. The van der Waals surface area contributed by atoms with Crippen LogP contribution < -0.4 is 5.69 Å². The largest absolute Gasteiger partial charge is 0.469 e. The molecule has 0 bridgehead atoms. The topological polar surface area (TPSA) is 116 Å². The number of likely N-dealkylation sites (tertiary alicyclic amines) is 1. The monoisotopic (exact) mass is 720 g/mol. The van der Waals surface area contributed by atoms with Crippen molar-refractivity contribution in [2.75, 3.05) is 20.3 Å². The number of carbonyl (C=O) groups is 2. The predicted octanol–water partition coefficient (Wildman–Crippen LogP) is 6.97. The second kappa shape index (κ2) is 14.6. The third-order valence-electron chi connectivity index (χ3n) is 9.13. The summed E-state index contributed by atoms with van der Waals surface area (Å²) in [6.07, 6.45) is -11.5. The molecular formula is C35H34F6N4O6. The Morgan fingerprint density at radius 2 is 1.53 bits per heavy atom. The first kappa shape index (κ1) is 37.1. The van der Waals surface area contributed by atoms with E-state index in [-0.39, 0.29) is 44.0 Å². The predicted molar refractivity (Wildman–Crippen MR) is 169 cm³/mol. The molecule has 0 aliphatic carbocycles. The molecule has 272 valence electrons. The number of ether oxygens (including phenoxy) is 3. The number of methoxy groups -OCH3 is 1. The Hall–Kier alpha value is -5.12. The van der Waals surface area contributed by atoms with E-state index in [1.54, 1.807) is 60.7 Å². The normalized spacial score (nSPS) is 20.1. The molecule has 1 aliphatic rings. The van der Waals surface area contributed by atoms with Crippen molar-refractivity contribution in [3.63, 3.8) is 0 Å². The van der Waals surface area contributed by atoms with Crippen molar-refractivity contribution in [3.05, 3.63) is 123 Å². The van der Waals surface area contributed by atoms with E-state index in [1.807, 2.05) is 0 Å². The molecule has 2 heterocycles. The number of amides is 1. The van der Waals surface area contributed by atoms with Gasteiger partial charge in [-0.25, -0.2) is 14.7 Å². The van der Waals surface area contributed by atoms with Crippen molar-refractivity contribution < 1.29 is 50.1 Å². The highest BCUT2D eigenvalue weighted by Gasteiger charge is 2.54. The number of esters is 1. The minimum absolute atomic E-state index is 0.00479. The van der Waals surface area contributed by atoms with Crippen LogP contribution in [0.4, 0.5) is 31.1 Å². The lowest BCUT2D eigenvalue weighted by Crippen LogP contribution is -2.64. The Morgan fingerprint density at radius 3 is 2.08 bits per heavy atom. The van der Waals surface area contributed by atoms with Gasteiger partial charge < -0.3 is 14.2 Å². The quantitative estimate of drug-likeness (QED) is 0.139. The van der Waals surface area contributed by atoms with Gasteiger partial charge in [0.15, 0.2) is 0 Å². The van der Waals surface area contributed by atoms with Gasteiger partial charge in [0.05, 0.1) is 48.4 Å². The van der Waals surface area contributed by atoms with Crippen LogP contribution in [-0.4, -0.2) is 52.0 Å². The van der Waals surface area contributed by atoms with Crippen molar-refractivity contribution in [2.24, 2.45) is 0 Å². The smallest absolute Gasteiger partial charge is 0.416 e. The molecule has 1 N–H and O–H groups in total. The van der Waals surface area contributed by atoms with Crippen LogP contribution in [0, 0.1) is 0 Å². The summed E-state index contributed by atoms with van der Waals surface area (Å²) in [7, 11) is 1.17. The minimum atomic E-state index is -5.07. The fraction of sp³-hybridized carbons (Fsp3) is 0.371. The average molecular weight is 721 g/mol. The lowest BCUT2D eigenvalue weighted by molar-refractivity contribution is -0.146. The molecule has 0 spiro atoms. The van der Waals surface area contributed by atoms with Gasteiger partial charge in [0.1, 0.15) is 12.9 Å². The van der Waals surface area contributed by atoms with E-state index in [0.29, 0.717) is 23.3 Å². The fourth-order valence-electron chi connectivity index (χ4n) is 6.34. The number of rotatable bonds is 10. The zero-order chi connectivity index (χ0) is 37.0. The number of piperidine rings is 1. The molecule has 16 heteroatoms. The number of hydrogen-bond donors (Lipinski definition) is 1. The summed E-state index contributed by atoms with van der Waals surface area (Å²) < 4.78 is 100. The van der Waals surface area contributed by atoms with Crippen LogP contribution in [0.1, 0.15) is 60.1 Å². The highest BCUT2D eigenvalue weighted by atomic mass is 19.4. The molecule has 1 amide bonds. The molecule has 10 nitrogen and oxygen atoms in total. The van der Waals surface area contributed by atoms with E-state index >= 15 is 0 Å². The number of hydrogen-bond acceptors (Lipinski definition) is 7. The Balaban J connectivity index is 1.59. The summed E-state index contributed by atoms with van der Waals surface area (Å²) >= 11 is 0. The average Bonchev–Trinajstić information content (AvgIpc) is 3.56. The fourth-order valence-corrected chi connectivity index (χ4v) is 6.34. The van der Waals surface area contributed by atoms with Gasteiger partial charge in [-0.1, -0.05) is 60.7 Å². The molecule has 3 atom stereocenters. The number of aromatic amines is 1. The van der Waals surface area contributed by atoms with Crippen molar-refractivity contribution in [1.82, 2.24) is 19.7 Å². The van der Waals surface area contributed by atoms with Gasteiger partial charge in [0.25, 0.3) is 0 Å². The second-order valence-electron chi connectivity index (χ2n) is 12.3. The molecule has 51 heavy (non-hydrogen) atoms. The van der Waals surface area contributed by atoms with E-state index in [9.17, 15) is 40.7 Å². The highest BCUT2D eigenvalue weighted by molar-refractivity contribution is 5.72. The van der Waals surface area contributed by atoms with Gasteiger partial charge >= 0.3 is 30.1 Å². The highest BCUT2D eigenvalue weighted by Crippen LogP contribution is 2.46. The number of nitrogens with one attached hydrogen (secondary N) is 1. The molecule has 4 aromatic rings. The Morgan fingerprint density at radius 1 is 0.922 bits per heavy atom. The Labute approximate surface area is 287 Å². The van der Waals surface area contributed by atoms with Gasteiger partial charge in [-0.2, -0.15) is 31.4 Å². The number of H-pyrrole nitrogens is 1. The number of carbonyl (C=O) groups excluding carboxylic acids is 2. The van der Waals surface area contributed by atoms with E-state index in [4.69, 9.17) is 14.2 Å². The summed E-state index contributed by atoms with van der Waals surface area (Å²) in [6.45, 7) is 0.384. The first-order valence-corrected chi connectivity index (χ1v) is 15.7. The van der Waals surface area contributed by atoms with E-state index < -0.39 is 65.0 Å². The molecule has 1 aliphatic heterocycles. The Kier molecular flexibility index (Phi) is 10.6. The van der Waals surface area contributed by atoms with E-state index in [0.717, 1.165) is 0 Å². The second-order valence-corrected chi connectivity index (χ2v) is 12.3. The standard InChI is InChI=1S/C35H34F6N4O6/c1-23(25-15-27(34(36,37)38)17-28(16-25)35(39,40)41)51-21-33(26-11-7-4-8-12-26)14-13-32(18-29(46)49-2,45-22-42-43-30(45)47)20-44(33)31(48)50-19-24-9-5-3-6-10-24/h3-12,15-17,22-23H,13-14,18-21H2,1-2H3,(H,43,47)/t23-,32-,33-/m1/s1. The van der Waals surface area contributed by atoms with Crippen LogP contribution in [0.25, 0.3) is 0 Å². The minimum Gasteiger partial charge on any atom is -0.469 e. The molecule has 0 radical (unpaired) electrons. The summed E-state index contributed by atoms with van der Waals surface area (Å²) in [6, 6.07) is 18.4. The zero-order valence-corrected chi connectivity index (χ0v) is 27.5. The maximum Gasteiger partial charge on any atom is 0.416 e. The zero-order valence-electron chi connectivity index (χ0n) is 27.5. The van der Waals surface area contributed by atoms with E-state index in [1.165, 1.54) is 29.8 Å². The van der Waals surface area contributed by atoms with Gasteiger partial charge in [0, 0.05) is 6.54 Å². The molecule has 3 aromatic carbocycles. The van der Waals surface area contributed by atoms with Crippen LogP contribution in [0.5, 0.6) is 0 Å². The van der Waals surface area contributed by atoms with Crippen molar-refractivity contribution >= 4 is 12.1 Å². The first-order valence-electron chi connectivity index (χ1n) is 15.7. The Bertz CT molecular complexity index is 1850. The van der Waals surface area contributed by atoms with Crippen LogP contribution in [0.3, 0.4) is 0 Å². The van der Waals surface area contributed by atoms with Crippen LogP contribution in [0.2, 0.25) is 0 Å². The summed E-state index contributed by atoms with van der Waals surface area (Å²) in [5.74, 6) is -0.692. The SMILES string of the molecule is COC(=O)C[C@]1(n2cn[nH]c2=O)CC[C@@](CO[C@H](C)c2cc(C(F)(F)F)cc(C(F)(F)F)c2)(c2ccccc2)N(C(=O)OCc2ccccc2)C1. The van der Waals surface area contributed by atoms with E-state index in [2.05, 4.69) is 10.2 Å². The molecule has 1 aromatic heterocycles. The maximum absolute atomic E-state index is 14.3. The lowest BCUT2D eigenvalue weighted by Gasteiger charge is -2.53. The number of benzene rings is 3. The lowest BCUT2D eigenvalue weighted by atomic mass is 9.73. The number of aromatic nitrogens is 3. The molecule has 0 unspecified atom stereocenters. The molecular weight excluding hydrogens is 686 g/mol. The van der Waals surface area contributed by atoms with Gasteiger partial charge in [0.2, 0.25) is 0 Å². The van der Waals surface area contributed by atoms with Crippen molar-refractivity contribution in [3.8, 4) is 0 Å². The van der Waals surface area contributed by atoms with Crippen LogP contribution >= 0.6 is 0 Å². The summed E-state index contributed by atoms with van der Waals surface area (Å²) in [5.41, 5.74) is -5.77. The molecule has 1 fully saturated rings. The van der Waals surface area contributed by atoms with Gasteiger partial charge in [-0.3, -0.25) is 14.3 Å². The van der Waals surface area contributed by atoms with Gasteiger partial charge in [-0.05, 0) is 54.7 Å². The number of halogens is 6. The molecule has 1 saturated heterocycles. The van der Waals surface area contributed by atoms with Crippen LogP contribution in [0.15, 0.2) is 90.0 Å². The maximum atomic E-state index is 14.3. The third-order valence-corrected chi connectivity index (χ3v) is 9.13. The summed E-state index contributed by atoms with van der Waals surface area (Å²) in [4.78, 5) is 41.3. The van der Waals surface area contributed by atoms with Gasteiger partial charge in [-0.15, -0.1) is 0 Å². The first-order chi connectivity index (χ1) is 24.1.